The molecule has 0 aliphatic carbocycles. The lowest BCUT2D eigenvalue weighted by molar-refractivity contribution is -0.0441. The highest BCUT2D eigenvalue weighted by atomic mass is 16.7. The van der Waals surface area contributed by atoms with Crippen LogP contribution in [0.3, 0.4) is 0 Å². The van der Waals surface area contributed by atoms with E-state index in [1.165, 1.54) is 0 Å². The molecule has 0 spiro atoms. The molecule has 3 rings (SSSR count). The summed E-state index contributed by atoms with van der Waals surface area (Å²) in [6.45, 7) is 9.83. The van der Waals surface area contributed by atoms with Gasteiger partial charge in [-0.25, -0.2) is 0 Å². The Kier molecular flexibility index (Phi) is 4.86. The molecular formula is C18H26BNO4. The first-order valence-corrected chi connectivity index (χ1v) is 8.42. The van der Waals surface area contributed by atoms with Gasteiger partial charge in [0.2, 0.25) is 0 Å². The Morgan fingerprint density at radius 1 is 1.08 bits per heavy atom. The van der Waals surface area contributed by atoms with E-state index >= 15 is 0 Å². The quantitative estimate of drug-likeness (QED) is 0.860. The third-order valence-electron chi connectivity index (χ3n) is 4.97. The average molecular weight is 331 g/mol. The first-order valence-electron chi connectivity index (χ1n) is 8.42. The molecule has 0 radical (unpaired) electrons. The fourth-order valence-electron chi connectivity index (χ4n) is 2.73. The maximum Gasteiger partial charge on any atom is 0.491 e. The lowest BCUT2D eigenvalue weighted by Crippen LogP contribution is -2.41. The van der Waals surface area contributed by atoms with Crippen molar-refractivity contribution >= 4 is 13.2 Å². The smallest absolute Gasteiger partial charge is 0.400 e. The molecule has 0 atom stereocenters. The molecule has 130 valence electrons. The van der Waals surface area contributed by atoms with E-state index in [1.54, 1.807) is 0 Å². The predicted octanol–water partition coefficient (Wildman–Crippen LogP) is 2.71. The summed E-state index contributed by atoms with van der Waals surface area (Å²) in [4.78, 5) is 0. The molecule has 6 heteroatoms. The maximum absolute atomic E-state index is 6.08. The molecule has 2 N–H and O–H groups in total. The second-order valence-corrected chi connectivity index (χ2v) is 7.25. The summed E-state index contributed by atoms with van der Waals surface area (Å²) in [5, 5.41) is 0. The van der Waals surface area contributed by atoms with Gasteiger partial charge in [0.1, 0.15) is 0 Å². The minimum Gasteiger partial charge on any atom is -0.400 e. The van der Waals surface area contributed by atoms with E-state index in [2.05, 4.69) is 0 Å². The Bertz CT molecular complexity index is 590. The molecule has 5 nitrogen and oxygen atoms in total. The zero-order chi connectivity index (χ0) is 17.4. The molecule has 24 heavy (non-hydrogen) atoms. The lowest BCUT2D eigenvalue weighted by atomic mass is 9.77. The number of ether oxygens (including phenoxy) is 2. The van der Waals surface area contributed by atoms with Crippen LogP contribution in [0.1, 0.15) is 45.1 Å². The van der Waals surface area contributed by atoms with E-state index < -0.39 is 7.12 Å². The van der Waals surface area contributed by atoms with Crippen molar-refractivity contribution < 1.29 is 18.8 Å². The molecule has 1 aromatic rings. The van der Waals surface area contributed by atoms with E-state index in [0.717, 1.165) is 16.6 Å². The Labute approximate surface area is 144 Å². The Hall–Kier alpha value is -1.18. The second-order valence-electron chi connectivity index (χ2n) is 7.25. The summed E-state index contributed by atoms with van der Waals surface area (Å²) in [6.07, 6.45) is 1.78. The average Bonchev–Trinajstić information content (AvgIpc) is 3.12. The van der Waals surface area contributed by atoms with Crippen LogP contribution in [0.2, 0.25) is 0 Å². The van der Waals surface area contributed by atoms with Crippen LogP contribution in [-0.4, -0.2) is 38.1 Å². The van der Waals surface area contributed by atoms with E-state index in [4.69, 9.17) is 24.5 Å². The second kappa shape index (κ2) is 6.62. The van der Waals surface area contributed by atoms with Crippen molar-refractivity contribution in [1.82, 2.24) is 0 Å². The highest BCUT2D eigenvalue weighted by Crippen LogP contribution is 2.38. The third kappa shape index (κ3) is 3.43. The van der Waals surface area contributed by atoms with E-state index in [9.17, 15) is 0 Å². The molecule has 1 aromatic carbocycles. The van der Waals surface area contributed by atoms with Gasteiger partial charge in [0.25, 0.3) is 0 Å². The topological polar surface area (TPSA) is 62.9 Å². The van der Waals surface area contributed by atoms with Crippen molar-refractivity contribution in [3.63, 3.8) is 0 Å². The van der Waals surface area contributed by atoms with E-state index in [-0.39, 0.29) is 17.5 Å². The number of hydrogen-bond donors (Lipinski definition) is 1. The third-order valence-corrected chi connectivity index (χ3v) is 4.97. The summed E-state index contributed by atoms with van der Waals surface area (Å²) in [5.41, 5.74) is 8.20. The summed E-state index contributed by atoms with van der Waals surface area (Å²) in [5.74, 6) is 0. The van der Waals surface area contributed by atoms with Gasteiger partial charge in [0.15, 0.2) is 6.29 Å². The van der Waals surface area contributed by atoms with Crippen LogP contribution in [0.15, 0.2) is 29.7 Å². The predicted molar refractivity (Wildman–Crippen MR) is 94.2 cm³/mol. The van der Waals surface area contributed by atoms with Gasteiger partial charge >= 0.3 is 7.12 Å². The molecule has 2 heterocycles. The number of hydrogen-bond acceptors (Lipinski definition) is 5. The van der Waals surface area contributed by atoms with Crippen LogP contribution in [0.5, 0.6) is 0 Å². The molecule has 0 saturated carbocycles. The van der Waals surface area contributed by atoms with Gasteiger partial charge in [-0.05, 0) is 38.7 Å². The van der Waals surface area contributed by atoms with Crippen LogP contribution in [0.25, 0.3) is 6.08 Å². The van der Waals surface area contributed by atoms with Gasteiger partial charge in [-0.2, -0.15) is 0 Å². The number of benzene rings is 1. The molecule has 2 saturated heterocycles. The minimum absolute atomic E-state index is 0.250. The molecule has 0 bridgehead atoms. The molecular weight excluding hydrogens is 305 g/mol. The fourth-order valence-corrected chi connectivity index (χ4v) is 2.73. The molecule has 0 unspecified atom stereocenters. The monoisotopic (exact) mass is 331 g/mol. The zero-order valence-electron chi connectivity index (χ0n) is 14.9. The van der Waals surface area contributed by atoms with Gasteiger partial charge in [-0.15, -0.1) is 0 Å². The van der Waals surface area contributed by atoms with Crippen LogP contribution in [-0.2, 0) is 18.8 Å². The van der Waals surface area contributed by atoms with Crippen LogP contribution in [0.4, 0.5) is 0 Å². The Morgan fingerprint density at radius 2 is 1.62 bits per heavy atom. The van der Waals surface area contributed by atoms with Crippen molar-refractivity contribution in [3.05, 3.63) is 40.9 Å². The number of nitrogens with two attached hydrogens (primary N) is 1. The van der Waals surface area contributed by atoms with Gasteiger partial charge in [0, 0.05) is 12.1 Å². The highest BCUT2D eigenvalue weighted by molar-refractivity contribution is 6.55. The van der Waals surface area contributed by atoms with Gasteiger partial charge in [-0.3, -0.25) is 0 Å². The molecule has 2 fully saturated rings. The molecule has 0 aromatic heterocycles. The summed E-state index contributed by atoms with van der Waals surface area (Å²) in [7, 11) is -0.416. The van der Waals surface area contributed by atoms with Gasteiger partial charge in [-0.1, -0.05) is 30.3 Å². The van der Waals surface area contributed by atoms with Crippen molar-refractivity contribution in [2.75, 3.05) is 19.8 Å². The summed E-state index contributed by atoms with van der Waals surface area (Å²) in [6, 6.07) is 8.09. The largest absolute Gasteiger partial charge is 0.491 e. The minimum atomic E-state index is -0.416. The first kappa shape index (κ1) is 17.6. The first-order chi connectivity index (χ1) is 11.3. The normalized spacial score (nSPS) is 23.9. The summed E-state index contributed by atoms with van der Waals surface area (Å²) >= 11 is 0. The van der Waals surface area contributed by atoms with Crippen molar-refractivity contribution in [2.45, 2.75) is 45.2 Å². The fraction of sp³-hybridized carbons (Fsp3) is 0.556. The van der Waals surface area contributed by atoms with Gasteiger partial charge < -0.3 is 24.5 Å². The van der Waals surface area contributed by atoms with Crippen molar-refractivity contribution in [2.24, 2.45) is 5.73 Å². The molecule has 2 aliphatic rings. The summed E-state index contributed by atoms with van der Waals surface area (Å²) < 4.78 is 23.2. The maximum atomic E-state index is 6.08. The Morgan fingerprint density at radius 3 is 2.12 bits per heavy atom. The van der Waals surface area contributed by atoms with E-state index in [0.29, 0.717) is 19.8 Å². The molecule has 2 aliphatic heterocycles. The highest BCUT2D eigenvalue weighted by Gasteiger charge is 2.52. The van der Waals surface area contributed by atoms with Crippen LogP contribution >= 0.6 is 0 Å². The van der Waals surface area contributed by atoms with Gasteiger partial charge in [0.05, 0.1) is 24.4 Å². The number of rotatable bonds is 4. The van der Waals surface area contributed by atoms with Crippen LogP contribution in [0, 0.1) is 0 Å². The standard InChI is InChI=1S/C18H26BNO4/c1-17(2)18(3,4)24-19(23-17)15(12-20)11-13-5-7-14(8-6-13)16-21-9-10-22-16/h5-8,11,16H,9-10,12,20H2,1-4H3. The van der Waals surface area contributed by atoms with E-state index in [1.807, 2.05) is 58.0 Å². The van der Waals surface area contributed by atoms with Crippen molar-refractivity contribution in [3.8, 4) is 0 Å². The molecule has 0 amide bonds. The lowest BCUT2D eigenvalue weighted by Gasteiger charge is -2.32. The SMILES string of the molecule is CC1(C)OB(C(=Cc2ccc(C3OCCO3)cc2)CN)OC1(C)C. The van der Waals surface area contributed by atoms with Crippen molar-refractivity contribution in [1.29, 1.82) is 0 Å². The van der Waals surface area contributed by atoms with Crippen LogP contribution < -0.4 is 5.73 Å². The zero-order valence-corrected chi connectivity index (χ0v) is 14.9. The Balaban J connectivity index is 1.76.